The third kappa shape index (κ3) is 20.7. The lowest BCUT2D eigenvalue weighted by molar-refractivity contribution is -0.143. The van der Waals surface area contributed by atoms with Crippen molar-refractivity contribution < 1.29 is 57.7 Å². The standard InChI is InChI=1S/C59H75Cl2N7O12/c1-36(2)31-48(56(74)75)65-51(69)45(23-15-29-62-57(76)80-59(5,6)7)63-54(72)50(37(3)4)67-52(70)46(32-39-25-27-41(28-26-39)78-35-42-43(60)21-14-22-44(42)61)64-53(71)49-24-16-30-68(49)55(73)47(33-38-17-10-8-11-18-38)66-58(77)79-34-40-19-12-9-13-20-40/h8-14,17-22,25-28,36-37,45-50H,15-16,23-24,29-35H2,1-7H3,(H,62,76)(H,63,72)(H,64,71)(H,65,69)(H,66,77)(H,67,70)(H,74,75)/t45-,46-,47+,48-,49-,50-/m0/s1. The summed E-state index contributed by atoms with van der Waals surface area (Å²) in [6.45, 7) is 12.3. The van der Waals surface area contributed by atoms with Gasteiger partial charge in [0.25, 0.3) is 0 Å². The maximum absolute atomic E-state index is 14.7. The van der Waals surface area contributed by atoms with E-state index in [2.05, 4.69) is 31.9 Å². The fourth-order valence-corrected chi connectivity index (χ4v) is 9.32. The zero-order valence-electron chi connectivity index (χ0n) is 46.4. The highest BCUT2D eigenvalue weighted by Crippen LogP contribution is 2.27. The lowest BCUT2D eigenvalue weighted by atomic mass is 9.99. The number of halogens is 2. The van der Waals surface area contributed by atoms with Gasteiger partial charge in [-0.05, 0) is 106 Å². The van der Waals surface area contributed by atoms with E-state index in [4.69, 9.17) is 37.4 Å². The smallest absolute Gasteiger partial charge is 0.408 e. The lowest BCUT2D eigenvalue weighted by Gasteiger charge is -2.31. The number of rotatable bonds is 27. The molecule has 21 heteroatoms. The molecule has 1 aliphatic rings. The van der Waals surface area contributed by atoms with Gasteiger partial charge in [-0.15, -0.1) is 0 Å². The van der Waals surface area contributed by atoms with Crippen LogP contribution in [0.5, 0.6) is 5.75 Å². The van der Waals surface area contributed by atoms with E-state index in [1.165, 1.54) is 4.90 Å². The van der Waals surface area contributed by atoms with E-state index >= 15 is 0 Å². The SMILES string of the molecule is CC(C)C[C@H](NC(=O)[C@H](CCCNC(=O)OC(C)(C)C)NC(=O)[C@@H](NC(=O)[C@H](Cc1ccc(OCc2c(Cl)cccc2Cl)cc1)NC(=O)[C@@H]1CCCN1C(=O)[C@@H](Cc1ccccc1)NC(=O)OCc1ccccc1)C(C)C)C(=O)O. The van der Waals surface area contributed by atoms with Crippen molar-refractivity contribution in [2.24, 2.45) is 11.8 Å². The van der Waals surface area contributed by atoms with Crippen molar-refractivity contribution in [2.45, 2.75) is 148 Å². The van der Waals surface area contributed by atoms with E-state index < -0.39 is 95.5 Å². The molecule has 5 rings (SSSR count). The van der Waals surface area contributed by atoms with Crippen LogP contribution in [0, 0.1) is 11.8 Å². The van der Waals surface area contributed by atoms with E-state index in [9.17, 15) is 43.5 Å². The van der Waals surface area contributed by atoms with Gasteiger partial charge in [-0.25, -0.2) is 14.4 Å². The Bertz CT molecular complexity index is 2710. The Kier molecular flexibility index (Phi) is 24.5. The van der Waals surface area contributed by atoms with Crippen LogP contribution in [-0.2, 0) is 64.3 Å². The maximum atomic E-state index is 14.7. The van der Waals surface area contributed by atoms with E-state index in [1.807, 2.05) is 48.5 Å². The summed E-state index contributed by atoms with van der Waals surface area (Å²) in [6.07, 6.45) is -0.644. The van der Waals surface area contributed by atoms with Gasteiger partial charge in [0, 0.05) is 41.5 Å². The lowest BCUT2D eigenvalue weighted by Crippen LogP contribution is -2.60. The molecule has 4 aromatic rings. The zero-order chi connectivity index (χ0) is 58.5. The molecule has 0 aromatic heterocycles. The van der Waals surface area contributed by atoms with Crippen LogP contribution in [0.1, 0.15) is 103 Å². The number of hydrogen-bond acceptors (Lipinski definition) is 11. The van der Waals surface area contributed by atoms with E-state index in [0.717, 1.165) is 11.1 Å². The molecule has 0 saturated carbocycles. The summed E-state index contributed by atoms with van der Waals surface area (Å²) in [6, 6.07) is 22.6. The molecule has 1 aliphatic heterocycles. The number of ether oxygens (including phenoxy) is 3. The van der Waals surface area contributed by atoms with Crippen molar-refractivity contribution in [2.75, 3.05) is 13.1 Å². The molecule has 0 aliphatic carbocycles. The molecule has 6 atom stereocenters. The molecule has 0 bridgehead atoms. The molecule has 1 fully saturated rings. The first-order chi connectivity index (χ1) is 38.0. The molecule has 7 N–H and O–H groups in total. The predicted molar refractivity (Wildman–Crippen MR) is 302 cm³/mol. The summed E-state index contributed by atoms with van der Waals surface area (Å²) >= 11 is 12.7. The molecule has 19 nitrogen and oxygen atoms in total. The number of aliphatic carboxylic acids is 1. The Morgan fingerprint density at radius 1 is 0.650 bits per heavy atom. The summed E-state index contributed by atoms with van der Waals surface area (Å²) in [4.78, 5) is 111. The summed E-state index contributed by atoms with van der Waals surface area (Å²) < 4.78 is 16.8. The number of carbonyl (C=O) groups is 8. The minimum absolute atomic E-state index is 0.0414. The second-order valence-corrected chi connectivity index (χ2v) is 22.2. The van der Waals surface area contributed by atoms with Gasteiger partial charge in [-0.1, -0.05) is 130 Å². The summed E-state index contributed by atoms with van der Waals surface area (Å²) in [5, 5.41) is 27.1. The van der Waals surface area contributed by atoms with Gasteiger partial charge in [-0.2, -0.15) is 0 Å². The van der Waals surface area contributed by atoms with Gasteiger partial charge in [0.15, 0.2) is 0 Å². The van der Waals surface area contributed by atoms with Crippen LogP contribution in [0.15, 0.2) is 103 Å². The molecule has 432 valence electrons. The normalized spacial score (nSPS) is 15.1. The van der Waals surface area contributed by atoms with Gasteiger partial charge in [-0.3, -0.25) is 24.0 Å². The van der Waals surface area contributed by atoms with Crippen LogP contribution in [0.2, 0.25) is 10.0 Å². The molecular weight excluding hydrogens is 1070 g/mol. The van der Waals surface area contributed by atoms with E-state index in [0.29, 0.717) is 33.3 Å². The zero-order valence-corrected chi connectivity index (χ0v) is 47.9. The molecule has 0 spiro atoms. The van der Waals surface area contributed by atoms with Gasteiger partial charge in [0.1, 0.15) is 60.8 Å². The Hall–Kier alpha value is -7.38. The molecule has 4 aromatic carbocycles. The molecule has 1 saturated heterocycles. The maximum Gasteiger partial charge on any atom is 0.408 e. The van der Waals surface area contributed by atoms with Crippen LogP contribution in [0.3, 0.4) is 0 Å². The number of benzene rings is 4. The van der Waals surface area contributed by atoms with Crippen molar-refractivity contribution >= 4 is 70.9 Å². The van der Waals surface area contributed by atoms with E-state index in [1.54, 1.807) is 103 Å². The highest BCUT2D eigenvalue weighted by molar-refractivity contribution is 6.36. The van der Waals surface area contributed by atoms with Gasteiger partial charge >= 0.3 is 18.2 Å². The highest BCUT2D eigenvalue weighted by Gasteiger charge is 2.40. The quantitative estimate of drug-likeness (QED) is 0.0284. The number of nitrogens with zero attached hydrogens (tertiary/aromatic N) is 1. The summed E-state index contributed by atoms with van der Waals surface area (Å²) in [5.74, 6) is -5.04. The minimum Gasteiger partial charge on any atom is -0.489 e. The van der Waals surface area contributed by atoms with Gasteiger partial charge in [0.05, 0.1) is 0 Å². The van der Waals surface area contributed by atoms with Crippen molar-refractivity contribution in [1.82, 2.24) is 36.8 Å². The fourth-order valence-electron chi connectivity index (χ4n) is 8.82. The number of carbonyl (C=O) groups excluding carboxylic acids is 7. The first kappa shape index (κ1) is 63.5. The van der Waals surface area contributed by atoms with Crippen molar-refractivity contribution in [3.05, 3.63) is 135 Å². The molecule has 1 heterocycles. The Morgan fingerprint density at radius 2 is 1.24 bits per heavy atom. The van der Waals surface area contributed by atoms with Gasteiger partial charge in [0.2, 0.25) is 29.5 Å². The number of nitrogens with one attached hydrogen (secondary N) is 6. The summed E-state index contributed by atoms with van der Waals surface area (Å²) in [7, 11) is 0. The van der Waals surface area contributed by atoms with Crippen LogP contribution in [0.4, 0.5) is 9.59 Å². The third-order valence-corrected chi connectivity index (χ3v) is 13.6. The number of carboxylic acids is 1. The first-order valence-corrected chi connectivity index (χ1v) is 27.6. The predicted octanol–water partition coefficient (Wildman–Crippen LogP) is 7.67. The third-order valence-electron chi connectivity index (χ3n) is 12.9. The summed E-state index contributed by atoms with van der Waals surface area (Å²) in [5.41, 5.74) is 1.89. The minimum atomic E-state index is -1.35. The van der Waals surface area contributed by atoms with Crippen LogP contribution in [-0.4, -0.2) is 113 Å². The Balaban J connectivity index is 1.39. The first-order valence-electron chi connectivity index (χ1n) is 26.8. The molecule has 0 radical (unpaired) electrons. The Morgan fingerprint density at radius 3 is 1.84 bits per heavy atom. The Labute approximate surface area is 477 Å². The highest BCUT2D eigenvalue weighted by atomic mass is 35.5. The average molecular weight is 1150 g/mol. The number of hydrogen-bond donors (Lipinski definition) is 7. The molecule has 0 unspecified atom stereocenters. The monoisotopic (exact) mass is 1140 g/mol. The van der Waals surface area contributed by atoms with Crippen molar-refractivity contribution in [1.29, 1.82) is 0 Å². The number of carboxylic acid groups (broad SMARTS) is 1. The van der Waals surface area contributed by atoms with Crippen LogP contribution < -0.4 is 36.6 Å². The molecule has 80 heavy (non-hydrogen) atoms. The fraction of sp³-hybridized carbons (Fsp3) is 0.458. The van der Waals surface area contributed by atoms with E-state index in [-0.39, 0.29) is 70.7 Å². The van der Waals surface area contributed by atoms with Crippen molar-refractivity contribution in [3.8, 4) is 5.75 Å². The topological polar surface area (TPSA) is 260 Å². The second-order valence-electron chi connectivity index (χ2n) is 21.4. The average Bonchev–Trinajstić information content (AvgIpc) is 3.90. The second kappa shape index (κ2) is 30.8. The van der Waals surface area contributed by atoms with Crippen LogP contribution in [0.25, 0.3) is 0 Å². The number of alkyl carbamates (subject to hydrolysis) is 2. The molecule has 7 amide bonds. The number of likely N-dealkylation sites (tertiary alicyclic amines) is 1. The van der Waals surface area contributed by atoms with Crippen LogP contribution >= 0.6 is 23.2 Å². The largest absolute Gasteiger partial charge is 0.489 e. The number of amides is 7. The van der Waals surface area contributed by atoms with Gasteiger partial charge < -0.3 is 56.1 Å². The van der Waals surface area contributed by atoms with Crippen molar-refractivity contribution in [3.63, 3.8) is 0 Å². The molecular formula is C59H75Cl2N7O12.